The van der Waals surface area contributed by atoms with Gasteiger partial charge in [0.15, 0.2) is 0 Å². The summed E-state index contributed by atoms with van der Waals surface area (Å²) >= 11 is 7.50. The molecular formula is C13H13ClOS. The number of halogens is 1. The zero-order chi connectivity index (χ0) is 11.7. The first-order valence-corrected chi connectivity index (χ1v) is 6.33. The van der Waals surface area contributed by atoms with Crippen molar-refractivity contribution < 1.29 is 5.11 Å². The smallest absolute Gasteiger partial charge is 0.115 e. The first-order valence-electron chi connectivity index (χ1n) is 5.07. The van der Waals surface area contributed by atoms with Crippen LogP contribution in [0, 0.1) is 13.8 Å². The lowest BCUT2D eigenvalue weighted by atomic mass is 10.0. The average molecular weight is 253 g/mol. The molecule has 0 spiro atoms. The van der Waals surface area contributed by atoms with Gasteiger partial charge >= 0.3 is 0 Å². The van der Waals surface area contributed by atoms with Gasteiger partial charge in [0.1, 0.15) is 6.10 Å². The fraction of sp³-hybridized carbons (Fsp3) is 0.231. The van der Waals surface area contributed by atoms with E-state index in [1.165, 1.54) is 11.3 Å². The van der Waals surface area contributed by atoms with Crippen molar-refractivity contribution in [3.05, 3.63) is 56.2 Å². The SMILES string of the molecule is Cc1cc(C)cc(C(O)c2sccc2Cl)c1. The molecule has 0 bridgehead atoms. The molecule has 1 unspecified atom stereocenters. The van der Waals surface area contributed by atoms with E-state index in [1.807, 2.05) is 37.4 Å². The number of hydrogen-bond acceptors (Lipinski definition) is 2. The van der Waals surface area contributed by atoms with Crippen LogP contribution in [0.25, 0.3) is 0 Å². The summed E-state index contributed by atoms with van der Waals surface area (Å²) in [6, 6.07) is 7.89. The van der Waals surface area contributed by atoms with Gasteiger partial charge in [0.2, 0.25) is 0 Å². The molecule has 2 rings (SSSR count). The number of rotatable bonds is 2. The van der Waals surface area contributed by atoms with Crippen molar-refractivity contribution >= 4 is 22.9 Å². The molecule has 0 amide bonds. The lowest BCUT2D eigenvalue weighted by Gasteiger charge is -2.11. The van der Waals surface area contributed by atoms with Gasteiger partial charge in [0.05, 0.1) is 9.90 Å². The van der Waals surface area contributed by atoms with E-state index in [4.69, 9.17) is 11.6 Å². The second kappa shape index (κ2) is 4.58. The Morgan fingerprint density at radius 2 is 1.81 bits per heavy atom. The van der Waals surface area contributed by atoms with E-state index in [2.05, 4.69) is 6.07 Å². The van der Waals surface area contributed by atoms with E-state index in [1.54, 1.807) is 0 Å². The molecule has 1 atom stereocenters. The number of aryl methyl sites for hydroxylation is 2. The number of hydrogen-bond donors (Lipinski definition) is 1. The Labute approximate surface area is 104 Å². The van der Waals surface area contributed by atoms with E-state index in [-0.39, 0.29) is 0 Å². The van der Waals surface area contributed by atoms with Crippen LogP contribution in [0.4, 0.5) is 0 Å². The standard InChI is InChI=1S/C13H13ClOS/c1-8-5-9(2)7-10(6-8)12(15)13-11(14)3-4-16-13/h3-7,12,15H,1-2H3. The molecule has 1 heterocycles. The molecule has 2 aromatic rings. The maximum absolute atomic E-state index is 10.2. The van der Waals surface area contributed by atoms with E-state index in [9.17, 15) is 5.11 Å². The first kappa shape index (κ1) is 11.6. The molecule has 0 fully saturated rings. The van der Waals surface area contributed by atoms with Crippen LogP contribution >= 0.6 is 22.9 Å². The van der Waals surface area contributed by atoms with E-state index in [0.717, 1.165) is 21.6 Å². The van der Waals surface area contributed by atoms with Crippen molar-refractivity contribution in [1.29, 1.82) is 0 Å². The van der Waals surface area contributed by atoms with Gasteiger partial charge in [-0.05, 0) is 30.9 Å². The Morgan fingerprint density at radius 3 is 2.31 bits per heavy atom. The summed E-state index contributed by atoms with van der Waals surface area (Å²) in [6.45, 7) is 4.05. The summed E-state index contributed by atoms with van der Waals surface area (Å²) in [6.07, 6.45) is -0.619. The summed E-state index contributed by atoms with van der Waals surface area (Å²) in [5.74, 6) is 0. The van der Waals surface area contributed by atoms with Crippen LogP contribution in [0.15, 0.2) is 29.6 Å². The fourth-order valence-electron chi connectivity index (χ4n) is 1.82. The molecule has 1 aromatic heterocycles. The number of aliphatic hydroxyl groups excluding tert-OH is 1. The van der Waals surface area contributed by atoms with Crippen LogP contribution in [0.1, 0.15) is 27.7 Å². The van der Waals surface area contributed by atoms with Gasteiger partial charge in [-0.2, -0.15) is 0 Å². The highest BCUT2D eigenvalue weighted by Gasteiger charge is 2.15. The fourth-order valence-corrected chi connectivity index (χ4v) is 2.99. The zero-order valence-electron chi connectivity index (χ0n) is 9.20. The average Bonchev–Trinajstić information content (AvgIpc) is 2.62. The largest absolute Gasteiger partial charge is 0.383 e. The molecule has 1 aromatic carbocycles. The van der Waals surface area contributed by atoms with Crippen LogP contribution in [0.5, 0.6) is 0 Å². The highest BCUT2D eigenvalue weighted by Crippen LogP contribution is 2.33. The van der Waals surface area contributed by atoms with Gasteiger partial charge in [-0.25, -0.2) is 0 Å². The second-order valence-electron chi connectivity index (χ2n) is 3.96. The molecule has 84 valence electrons. The molecule has 16 heavy (non-hydrogen) atoms. The van der Waals surface area contributed by atoms with Crippen LogP contribution in [-0.2, 0) is 0 Å². The minimum Gasteiger partial charge on any atom is -0.383 e. The Balaban J connectivity index is 2.41. The van der Waals surface area contributed by atoms with Gasteiger partial charge in [0.25, 0.3) is 0 Å². The predicted molar refractivity (Wildman–Crippen MR) is 69.3 cm³/mol. The summed E-state index contributed by atoms with van der Waals surface area (Å²) in [7, 11) is 0. The van der Waals surface area contributed by atoms with E-state index >= 15 is 0 Å². The monoisotopic (exact) mass is 252 g/mol. The van der Waals surface area contributed by atoms with Crippen molar-refractivity contribution in [2.24, 2.45) is 0 Å². The molecule has 0 saturated heterocycles. The Morgan fingerprint density at radius 1 is 1.19 bits per heavy atom. The number of aliphatic hydroxyl groups is 1. The topological polar surface area (TPSA) is 20.2 Å². The van der Waals surface area contributed by atoms with E-state index in [0.29, 0.717) is 5.02 Å². The summed E-state index contributed by atoms with van der Waals surface area (Å²) in [5.41, 5.74) is 3.21. The summed E-state index contributed by atoms with van der Waals surface area (Å²) in [5, 5.41) is 12.8. The quantitative estimate of drug-likeness (QED) is 0.853. The van der Waals surface area contributed by atoms with Crippen molar-refractivity contribution in [2.45, 2.75) is 20.0 Å². The Bertz CT molecular complexity index is 484. The predicted octanol–water partition coefficient (Wildman–Crippen LogP) is 4.10. The van der Waals surface area contributed by atoms with Crippen molar-refractivity contribution in [3.63, 3.8) is 0 Å². The Kier molecular flexibility index (Phi) is 3.33. The molecule has 0 saturated carbocycles. The van der Waals surface area contributed by atoms with Crippen LogP contribution in [-0.4, -0.2) is 5.11 Å². The minimum atomic E-state index is -0.619. The third-order valence-corrected chi connectivity index (χ3v) is 3.86. The second-order valence-corrected chi connectivity index (χ2v) is 5.31. The molecule has 1 N–H and O–H groups in total. The normalized spacial score (nSPS) is 12.8. The zero-order valence-corrected chi connectivity index (χ0v) is 10.8. The highest BCUT2D eigenvalue weighted by molar-refractivity contribution is 7.10. The molecule has 0 radical (unpaired) electrons. The molecule has 0 aliphatic heterocycles. The van der Waals surface area contributed by atoms with Crippen molar-refractivity contribution in [2.75, 3.05) is 0 Å². The molecule has 0 aliphatic rings. The Hall–Kier alpha value is -0.830. The first-order chi connectivity index (χ1) is 7.58. The molecule has 0 aliphatic carbocycles. The van der Waals surface area contributed by atoms with Gasteiger partial charge in [0, 0.05) is 0 Å². The lowest BCUT2D eigenvalue weighted by Crippen LogP contribution is -1.98. The summed E-state index contributed by atoms with van der Waals surface area (Å²) < 4.78 is 0. The lowest BCUT2D eigenvalue weighted by molar-refractivity contribution is 0.224. The van der Waals surface area contributed by atoms with Crippen molar-refractivity contribution in [3.8, 4) is 0 Å². The maximum Gasteiger partial charge on any atom is 0.115 e. The molecule has 3 heteroatoms. The molecular weight excluding hydrogens is 240 g/mol. The van der Waals surface area contributed by atoms with Crippen LogP contribution < -0.4 is 0 Å². The number of benzene rings is 1. The summed E-state index contributed by atoms with van der Waals surface area (Å²) in [4.78, 5) is 0.812. The maximum atomic E-state index is 10.2. The van der Waals surface area contributed by atoms with Crippen LogP contribution in [0.2, 0.25) is 5.02 Å². The third-order valence-electron chi connectivity index (χ3n) is 2.45. The number of thiophene rings is 1. The van der Waals surface area contributed by atoms with Gasteiger partial charge < -0.3 is 5.11 Å². The highest BCUT2D eigenvalue weighted by atomic mass is 35.5. The van der Waals surface area contributed by atoms with Gasteiger partial charge in [-0.3, -0.25) is 0 Å². The third kappa shape index (κ3) is 2.29. The van der Waals surface area contributed by atoms with Crippen LogP contribution in [0.3, 0.4) is 0 Å². The van der Waals surface area contributed by atoms with Crippen molar-refractivity contribution in [1.82, 2.24) is 0 Å². The van der Waals surface area contributed by atoms with E-state index < -0.39 is 6.10 Å². The van der Waals surface area contributed by atoms with Gasteiger partial charge in [-0.1, -0.05) is 40.9 Å². The molecule has 1 nitrogen and oxygen atoms in total. The van der Waals surface area contributed by atoms with Gasteiger partial charge in [-0.15, -0.1) is 11.3 Å². The minimum absolute atomic E-state index is 0.619.